The van der Waals surface area contributed by atoms with E-state index >= 15 is 0 Å². The molecule has 0 atom stereocenters. The van der Waals surface area contributed by atoms with Gasteiger partial charge in [0.2, 0.25) is 5.56 Å². The molecule has 0 aliphatic rings. The predicted molar refractivity (Wildman–Crippen MR) is 115 cm³/mol. The minimum Gasteiger partial charge on any atom is -0.322 e. The number of halogens is 1. The van der Waals surface area contributed by atoms with Crippen LogP contribution >= 0.6 is 11.6 Å². The number of nitrogens with zero attached hydrogens (tertiary/aromatic N) is 1. The quantitative estimate of drug-likeness (QED) is 0.638. The Kier molecular flexibility index (Phi) is 5.75. The van der Waals surface area contributed by atoms with E-state index in [0.29, 0.717) is 23.8 Å². The van der Waals surface area contributed by atoms with Crippen LogP contribution in [0.25, 0.3) is 10.9 Å². The number of aryl methyl sites for hydroxylation is 2. The second kappa shape index (κ2) is 8.07. The average molecular weight is 398 g/mol. The molecule has 146 valence electrons. The number of nitrogens with one attached hydrogen (secondary N) is 2. The van der Waals surface area contributed by atoms with Gasteiger partial charge in [0.05, 0.1) is 5.52 Å². The number of carbonyl (C=O) groups excluding carboxylic acids is 1. The standard InChI is InChI=1S/C22H24ClN3O2/c1-5-26(22(28)24-19-8-6-7-18(23)15(19)4)12-16-11-20(27)25-21-14(3)9-13(2)10-17(16)21/h6-11H,5,12H2,1-4H3,(H,24,28)(H,25,27). The number of hydrogen-bond donors (Lipinski definition) is 2. The highest BCUT2D eigenvalue weighted by Gasteiger charge is 2.16. The number of urea groups is 1. The number of H-pyrrole nitrogens is 1. The van der Waals surface area contributed by atoms with E-state index in [-0.39, 0.29) is 11.6 Å². The number of anilines is 1. The van der Waals surface area contributed by atoms with Crippen molar-refractivity contribution in [2.24, 2.45) is 0 Å². The van der Waals surface area contributed by atoms with E-state index in [0.717, 1.165) is 33.2 Å². The molecule has 28 heavy (non-hydrogen) atoms. The van der Waals surface area contributed by atoms with Crippen LogP contribution in [0.15, 0.2) is 41.2 Å². The third-order valence-electron chi connectivity index (χ3n) is 4.92. The molecular weight excluding hydrogens is 374 g/mol. The lowest BCUT2D eigenvalue weighted by Crippen LogP contribution is -2.34. The molecule has 2 amide bonds. The molecule has 2 aromatic carbocycles. The summed E-state index contributed by atoms with van der Waals surface area (Å²) in [6, 6.07) is 10.8. The van der Waals surface area contributed by atoms with E-state index in [9.17, 15) is 9.59 Å². The number of amides is 2. The van der Waals surface area contributed by atoms with Crippen molar-refractivity contribution in [2.45, 2.75) is 34.2 Å². The van der Waals surface area contributed by atoms with Crippen LogP contribution in [-0.4, -0.2) is 22.5 Å². The highest BCUT2D eigenvalue weighted by molar-refractivity contribution is 6.31. The fourth-order valence-electron chi connectivity index (χ4n) is 3.38. The van der Waals surface area contributed by atoms with Crippen molar-refractivity contribution in [3.05, 3.63) is 74.0 Å². The Bertz CT molecular complexity index is 1100. The fourth-order valence-corrected chi connectivity index (χ4v) is 3.56. The van der Waals surface area contributed by atoms with Gasteiger partial charge in [0.15, 0.2) is 0 Å². The normalized spacial score (nSPS) is 10.9. The average Bonchev–Trinajstić information content (AvgIpc) is 2.64. The second-order valence-electron chi connectivity index (χ2n) is 7.02. The van der Waals surface area contributed by atoms with Crippen molar-refractivity contribution in [1.82, 2.24) is 9.88 Å². The lowest BCUT2D eigenvalue weighted by atomic mass is 10.0. The molecule has 0 bridgehead atoms. The Morgan fingerprint density at radius 2 is 1.93 bits per heavy atom. The molecule has 6 heteroatoms. The molecule has 0 saturated carbocycles. The largest absolute Gasteiger partial charge is 0.322 e. The number of aromatic nitrogens is 1. The van der Waals surface area contributed by atoms with Gasteiger partial charge in [0, 0.05) is 35.3 Å². The van der Waals surface area contributed by atoms with Crippen LogP contribution in [0.2, 0.25) is 5.02 Å². The Labute approximate surface area is 169 Å². The minimum atomic E-state index is -0.231. The lowest BCUT2D eigenvalue weighted by molar-refractivity contribution is 0.212. The maximum absolute atomic E-state index is 12.9. The number of pyridine rings is 1. The van der Waals surface area contributed by atoms with Crippen LogP contribution < -0.4 is 10.9 Å². The highest BCUT2D eigenvalue weighted by atomic mass is 35.5. The summed E-state index contributed by atoms with van der Waals surface area (Å²) in [5, 5.41) is 4.49. The van der Waals surface area contributed by atoms with E-state index in [1.165, 1.54) is 0 Å². The summed E-state index contributed by atoms with van der Waals surface area (Å²) in [5.74, 6) is 0. The first kappa shape index (κ1) is 20.0. The summed E-state index contributed by atoms with van der Waals surface area (Å²) in [4.78, 5) is 29.6. The highest BCUT2D eigenvalue weighted by Crippen LogP contribution is 2.25. The molecule has 5 nitrogen and oxygen atoms in total. The van der Waals surface area contributed by atoms with Gasteiger partial charge in [-0.1, -0.05) is 29.3 Å². The van der Waals surface area contributed by atoms with Crippen molar-refractivity contribution in [3.63, 3.8) is 0 Å². The summed E-state index contributed by atoms with van der Waals surface area (Å²) in [6.07, 6.45) is 0. The van der Waals surface area contributed by atoms with E-state index in [1.807, 2.05) is 45.9 Å². The molecule has 3 aromatic rings. The molecule has 2 N–H and O–H groups in total. The maximum Gasteiger partial charge on any atom is 0.322 e. The number of aromatic amines is 1. The fraction of sp³-hybridized carbons (Fsp3) is 0.273. The summed E-state index contributed by atoms with van der Waals surface area (Å²) >= 11 is 6.15. The number of hydrogen-bond acceptors (Lipinski definition) is 2. The predicted octanol–water partition coefficient (Wildman–Crippen LogP) is 5.16. The summed E-state index contributed by atoms with van der Waals surface area (Å²) in [6.45, 7) is 8.62. The van der Waals surface area contributed by atoms with E-state index in [1.54, 1.807) is 23.1 Å². The van der Waals surface area contributed by atoms with Gasteiger partial charge >= 0.3 is 6.03 Å². The molecule has 0 aliphatic carbocycles. The van der Waals surface area contributed by atoms with Gasteiger partial charge in [0.25, 0.3) is 0 Å². The molecule has 0 saturated heterocycles. The lowest BCUT2D eigenvalue weighted by Gasteiger charge is -2.23. The molecule has 0 radical (unpaired) electrons. The van der Waals surface area contributed by atoms with Crippen molar-refractivity contribution in [1.29, 1.82) is 0 Å². The molecule has 0 unspecified atom stereocenters. The Morgan fingerprint density at radius 1 is 1.18 bits per heavy atom. The summed E-state index contributed by atoms with van der Waals surface area (Å²) in [5.41, 5.74) is 5.09. The van der Waals surface area contributed by atoms with E-state index in [2.05, 4.69) is 10.3 Å². The molecule has 1 aromatic heterocycles. The van der Waals surface area contributed by atoms with E-state index < -0.39 is 0 Å². The van der Waals surface area contributed by atoms with Crippen LogP contribution in [0.4, 0.5) is 10.5 Å². The Balaban J connectivity index is 1.94. The van der Waals surface area contributed by atoms with Crippen LogP contribution in [0.1, 0.15) is 29.2 Å². The smallest absolute Gasteiger partial charge is 0.322 e. The Morgan fingerprint density at radius 3 is 2.64 bits per heavy atom. The van der Waals surface area contributed by atoms with E-state index in [4.69, 9.17) is 11.6 Å². The van der Waals surface area contributed by atoms with Gasteiger partial charge in [0.1, 0.15) is 0 Å². The number of carbonyl (C=O) groups is 1. The number of rotatable bonds is 4. The van der Waals surface area contributed by atoms with Crippen LogP contribution in [0.5, 0.6) is 0 Å². The first-order valence-corrected chi connectivity index (χ1v) is 9.62. The van der Waals surface area contributed by atoms with Crippen LogP contribution in [0, 0.1) is 20.8 Å². The molecule has 0 fully saturated rings. The third-order valence-corrected chi connectivity index (χ3v) is 5.33. The third kappa shape index (κ3) is 4.04. The van der Waals surface area contributed by atoms with Crippen molar-refractivity contribution < 1.29 is 4.79 Å². The van der Waals surface area contributed by atoms with Crippen molar-refractivity contribution in [2.75, 3.05) is 11.9 Å². The molecular formula is C22H24ClN3O2. The zero-order valence-corrected chi connectivity index (χ0v) is 17.3. The van der Waals surface area contributed by atoms with Gasteiger partial charge in [-0.3, -0.25) is 4.79 Å². The van der Waals surface area contributed by atoms with Gasteiger partial charge in [-0.25, -0.2) is 4.79 Å². The van der Waals surface area contributed by atoms with Crippen LogP contribution in [0.3, 0.4) is 0 Å². The number of benzene rings is 2. The topological polar surface area (TPSA) is 65.2 Å². The van der Waals surface area contributed by atoms with Crippen molar-refractivity contribution >= 4 is 34.2 Å². The molecule has 0 spiro atoms. The van der Waals surface area contributed by atoms with Crippen molar-refractivity contribution in [3.8, 4) is 0 Å². The number of fused-ring (bicyclic) bond motifs is 1. The minimum absolute atomic E-state index is 0.170. The summed E-state index contributed by atoms with van der Waals surface area (Å²) in [7, 11) is 0. The molecule has 1 heterocycles. The first-order valence-electron chi connectivity index (χ1n) is 9.24. The van der Waals surface area contributed by atoms with Gasteiger partial charge in [-0.2, -0.15) is 0 Å². The molecule has 0 aliphatic heterocycles. The Hall–Kier alpha value is -2.79. The second-order valence-corrected chi connectivity index (χ2v) is 7.43. The zero-order chi connectivity index (χ0) is 20.4. The van der Waals surface area contributed by atoms with Crippen LogP contribution in [-0.2, 0) is 6.54 Å². The monoisotopic (exact) mass is 397 g/mol. The van der Waals surface area contributed by atoms with Gasteiger partial charge in [-0.05, 0) is 62.6 Å². The molecule has 3 rings (SSSR count). The van der Waals surface area contributed by atoms with Gasteiger partial charge in [-0.15, -0.1) is 0 Å². The first-order chi connectivity index (χ1) is 13.3. The summed E-state index contributed by atoms with van der Waals surface area (Å²) < 4.78 is 0. The SMILES string of the molecule is CCN(Cc1cc(=O)[nH]c2c(C)cc(C)cc12)C(=O)Nc1cccc(Cl)c1C. The maximum atomic E-state index is 12.9. The zero-order valence-electron chi connectivity index (χ0n) is 16.5. The van der Waals surface area contributed by atoms with Gasteiger partial charge < -0.3 is 15.2 Å².